The van der Waals surface area contributed by atoms with Gasteiger partial charge in [-0.2, -0.15) is 0 Å². The van der Waals surface area contributed by atoms with E-state index in [1.54, 1.807) is 6.33 Å². The number of aromatic amines is 1. The second-order valence-corrected chi connectivity index (χ2v) is 10.3. The fourth-order valence-corrected chi connectivity index (χ4v) is 6.25. The Bertz CT molecular complexity index is 1690. The van der Waals surface area contributed by atoms with Crippen molar-refractivity contribution in [2.75, 3.05) is 18.0 Å². The average Bonchev–Trinajstić information content (AvgIpc) is 3.61. The lowest BCUT2D eigenvalue weighted by Gasteiger charge is -2.33. The lowest BCUT2D eigenvalue weighted by molar-refractivity contribution is 0.112. The van der Waals surface area contributed by atoms with E-state index in [-0.39, 0.29) is 17.8 Å². The van der Waals surface area contributed by atoms with Crippen molar-refractivity contribution in [1.29, 1.82) is 0 Å². The Balaban J connectivity index is 1.13. The maximum absolute atomic E-state index is 12.7. The smallest absolute Gasteiger partial charge is 0.326 e. The van der Waals surface area contributed by atoms with Gasteiger partial charge in [0.05, 0.1) is 11.0 Å². The molecule has 2 aliphatic rings. The molecular formula is C28H30N8O2. The maximum atomic E-state index is 12.7. The molecule has 1 fully saturated rings. The maximum Gasteiger partial charge on any atom is 0.326 e. The molecule has 3 N–H and O–H groups in total. The Morgan fingerprint density at radius 2 is 1.84 bits per heavy atom. The summed E-state index contributed by atoms with van der Waals surface area (Å²) in [6.07, 6.45) is 4.21. The van der Waals surface area contributed by atoms with Crippen LogP contribution in [0.3, 0.4) is 0 Å². The molecule has 10 nitrogen and oxygen atoms in total. The highest BCUT2D eigenvalue weighted by molar-refractivity contribution is 5.84. The molecule has 2 aromatic carbocycles. The molecule has 2 atom stereocenters. The molecule has 1 aliphatic heterocycles. The van der Waals surface area contributed by atoms with E-state index in [2.05, 4.69) is 43.4 Å². The minimum absolute atomic E-state index is 0.0604. The quantitative estimate of drug-likeness (QED) is 0.311. The summed E-state index contributed by atoms with van der Waals surface area (Å²) in [7, 11) is 1.88. The first-order valence-corrected chi connectivity index (χ1v) is 13.2. The molecule has 38 heavy (non-hydrogen) atoms. The van der Waals surface area contributed by atoms with Crippen LogP contribution in [-0.2, 0) is 13.5 Å². The molecule has 4 heterocycles. The van der Waals surface area contributed by atoms with E-state index in [9.17, 15) is 9.90 Å². The van der Waals surface area contributed by atoms with Crippen LogP contribution in [0.1, 0.15) is 54.5 Å². The molecule has 10 heteroatoms. The SMILES string of the molecule is Cn1c(C(O)NC2CCc3ccccc32)nc2c(N3CCC(n4c(=O)[nH]c5ccccc54)CC3)ncnc21. The summed E-state index contributed by atoms with van der Waals surface area (Å²) in [5, 5.41) is 14.5. The topological polar surface area (TPSA) is 117 Å². The molecule has 2 unspecified atom stereocenters. The second kappa shape index (κ2) is 9.07. The molecule has 194 valence electrons. The van der Waals surface area contributed by atoms with Crippen LogP contribution in [0.4, 0.5) is 5.82 Å². The van der Waals surface area contributed by atoms with E-state index in [4.69, 9.17) is 4.98 Å². The lowest BCUT2D eigenvalue weighted by atomic mass is 10.0. The number of piperidine rings is 1. The van der Waals surface area contributed by atoms with Crippen LogP contribution in [0.15, 0.2) is 59.7 Å². The zero-order chi connectivity index (χ0) is 25.8. The van der Waals surface area contributed by atoms with E-state index < -0.39 is 6.23 Å². The molecule has 3 aromatic heterocycles. The van der Waals surface area contributed by atoms with Gasteiger partial charge in [0, 0.05) is 32.2 Å². The molecule has 1 aliphatic carbocycles. The summed E-state index contributed by atoms with van der Waals surface area (Å²) in [5.74, 6) is 1.28. The number of aliphatic hydroxyl groups excluding tert-OH is 1. The summed E-state index contributed by atoms with van der Waals surface area (Å²) in [4.78, 5) is 31.8. The van der Waals surface area contributed by atoms with E-state index in [1.807, 2.05) is 46.5 Å². The third-order valence-corrected chi connectivity index (χ3v) is 8.16. The van der Waals surface area contributed by atoms with Crippen LogP contribution in [0, 0.1) is 0 Å². The molecule has 0 amide bonds. The molecule has 1 saturated heterocycles. The number of fused-ring (bicyclic) bond motifs is 3. The number of H-pyrrole nitrogens is 1. The zero-order valence-corrected chi connectivity index (χ0v) is 21.2. The number of hydrogen-bond donors (Lipinski definition) is 3. The number of aromatic nitrogens is 6. The number of imidazole rings is 2. The number of hydrogen-bond acceptors (Lipinski definition) is 7. The number of nitrogens with one attached hydrogen (secondary N) is 2. The number of para-hydroxylation sites is 2. The summed E-state index contributed by atoms with van der Waals surface area (Å²) < 4.78 is 3.74. The van der Waals surface area contributed by atoms with Crippen LogP contribution in [0.2, 0.25) is 0 Å². The summed E-state index contributed by atoms with van der Waals surface area (Å²) in [6.45, 7) is 1.49. The third kappa shape index (κ3) is 3.71. The summed E-state index contributed by atoms with van der Waals surface area (Å²) in [5.41, 5.74) is 5.69. The minimum Gasteiger partial charge on any atom is -0.371 e. The van der Waals surface area contributed by atoms with E-state index >= 15 is 0 Å². The predicted molar refractivity (Wildman–Crippen MR) is 145 cm³/mol. The van der Waals surface area contributed by atoms with Gasteiger partial charge in [-0.3, -0.25) is 9.88 Å². The number of aliphatic hydroxyl groups is 1. The van der Waals surface area contributed by atoms with E-state index in [0.29, 0.717) is 17.0 Å². The molecule has 7 rings (SSSR count). The van der Waals surface area contributed by atoms with Crippen molar-refractivity contribution in [1.82, 2.24) is 34.4 Å². The van der Waals surface area contributed by atoms with Gasteiger partial charge in [0.2, 0.25) is 0 Å². The second-order valence-electron chi connectivity index (χ2n) is 10.3. The first-order chi connectivity index (χ1) is 18.6. The van der Waals surface area contributed by atoms with Crippen LogP contribution >= 0.6 is 0 Å². The Hall–Kier alpha value is -4.02. The summed E-state index contributed by atoms with van der Waals surface area (Å²) >= 11 is 0. The first kappa shape index (κ1) is 23.1. The Morgan fingerprint density at radius 1 is 1.05 bits per heavy atom. The predicted octanol–water partition coefficient (Wildman–Crippen LogP) is 3.12. The third-order valence-electron chi connectivity index (χ3n) is 8.16. The highest BCUT2D eigenvalue weighted by atomic mass is 16.3. The normalized spacial score (nSPS) is 18.9. The molecular weight excluding hydrogens is 480 g/mol. The van der Waals surface area contributed by atoms with Gasteiger partial charge in [-0.05, 0) is 48.9 Å². The number of aryl methyl sites for hydroxylation is 2. The lowest BCUT2D eigenvalue weighted by Crippen LogP contribution is -2.37. The fraction of sp³-hybridized carbons (Fsp3) is 0.357. The number of rotatable bonds is 5. The largest absolute Gasteiger partial charge is 0.371 e. The summed E-state index contributed by atoms with van der Waals surface area (Å²) in [6, 6.07) is 16.4. The zero-order valence-electron chi connectivity index (χ0n) is 21.2. The number of benzene rings is 2. The Morgan fingerprint density at radius 3 is 2.71 bits per heavy atom. The van der Waals surface area contributed by atoms with E-state index in [1.165, 1.54) is 11.1 Å². The van der Waals surface area contributed by atoms with Crippen molar-refractivity contribution in [2.45, 2.75) is 44.0 Å². The van der Waals surface area contributed by atoms with Gasteiger partial charge in [-0.25, -0.2) is 19.7 Å². The Kier molecular flexibility index (Phi) is 5.52. The van der Waals surface area contributed by atoms with Gasteiger partial charge in [0.25, 0.3) is 0 Å². The molecule has 5 aromatic rings. The van der Waals surface area contributed by atoms with Gasteiger partial charge in [0.15, 0.2) is 29.0 Å². The van der Waals surface area contributed by atoms with Crippen molar-refractivity contribution in [3.63, 3.8) is 0 Å². The van der Waals surface area contributed by atoms with Crippen LogP contribution in [0.5, 0.6) is 0 Å². The van der Waals surface area contributed by atoms with Crippen molar-refractivity contribution in [3.8, 4) is 0 Å². The Labute approximate surface area is 219 Å². The van der Waals surface area contributed by atoms with Gasteiger partial charge in [-0.1, -0.05) is 36.4 Å². The standard InChI is InChI=1S/C28H30N8O2/c1-34-24-23(33-26(34)27(37)31-20-11-10-17-6-2-3-7-19(17)20)25(30-16-29-24)35-14-12-18(13-15-35)36-22-9-5-4-8-21(22)32-28(36)38/h2-9,16,18,20,27,31,37H,10-15H2,1H3,(H,32,38). The van der Waals surface area contributed by atoms with Gasteiger partial charge >= 0.3 is 5.69 Å². The van der Waals surface area contributed by atoms with Crippen LogP contribution in [-0.4, -0.2) is 47.3 Å². The van der Waals surface area contributed by atoms with E-state index in [0.717, 1.165) is 55.6 Å². The monoisotopic (exact) mass is 510 g/mol. The highest BCUT2D eigenvalue weighted by Crippen LogP contribution is 2.34. The van der Waals surface area contributed by atoms with Crippen LogP contribution in [0.25, 0.3) is 22.2 Å². The molecule has 0 bridgehead atoms. The molecule has 0 saturated carbocycles. The first-order valence-electron chi connectivity index (χ1n) is 13.2. The van der Waals surface area contributed by atoms with Crippen molar-refractivity contribution < 1.29 is 5.11 Å². The van der Waals surface area contributed by atoms with Crippen molar-refractivity contribution in [3.05, 3.63) is 82.3 Å². The van der Waals surface area contributed by atoms with Crippen molar-refractivity contribution in [2.24, 2.45) is 7.05 Å². The fourth-order valence-electron chi connectivity index (χ4n) is 6.25. The van der Waals surface area contributed by atoms with Gasteiger partial charge < -0.3 is 19.6 Å². The molecule has 0 radical (unpaired) electrons. The minimum atomic E-state index is -0.933. The van der Waals surface area contributed by atoms with Crippen LogP contribution < -0.4 is 15.9 Å². The average molecular weight is 511 g/mol. The van der Waals surface area contributed by atoms with Crippen molar-refractivity contribution >= 4 is 28.0 Å². The molecule has 0 spiro atoms. The van der Waals surface area contributed by atoms with Gasteiger partial charge in [-0.15, -0.1) is 0 Å². The number of nitrogens with zero attached hydrogens (tertiary/aromatic N) is 6. The highest BCUT2D eigenvalue weighted by Gasteiger charge is 2.29. The van der Waals surface area contributed by atoms with Gasteiger partial charge in [0.1, 0.15) is 6.33 Å². The number of anilines is 1.